The number of aromatic nitrogens is 1. The van der Waals surface area contributed by atoms with Crippen molar-refractivity contribution in [2.24, 2.45) is 0 Å². The number of carbonyl (C=O) groups is 1. The van der Waals surface area contributed by atoms with Crippen molar-refractivity contribution in [1.82, 2.24) is 9.88 Å². The summed E-state index contributed by atoms with van der Waals surface area (Å²) in [7, 11) is 0. The number of aromatic hydroxyl groups is 1. The number of nitrogens with zero attached hydrogens (tertiary/aromatic N) is 3. The number of phenols is 1. The topological polar surface area (TPSA) is 56.7 Å². The Morgan fingerprint density at radius 3 is 2.52 bits per heavy atom. The van der Waals surface area contributed by atoms with E-state index in [1.165, 1.54) is 11.3 Å². The maximum atomic E-state index is 13.5. The van der Waals surface area contributed by atoms with Crippen LogP contribution in [0.3, 0.4) is 0 Å². The van der Waals surface area contributed by atoms with Gasteiger partial charge < -0.3 is 14.9 Å². The Bertz CT molecular complexity index is 1260. The SMILES string of the molecule is O=C(c1cc(-c2ccc(Cl)s2)nc2ccccc12)N1CCN(c2cccc(O)c2)CC1. The zero-order chi connectivity index (χ0) is 21.4. The average molecular weight is 450 g/mol. The van der Waals surface area contributed by atoms with Crippen molar-refractivity contribution >= 4 is 45.4 Å². The molecule has 4 aromatic rings. The van der Waals surface area contributed by atoms with Gasteiger partial charge in [0.2, 0.25) is 0 Å². The quantitative estimate of drug-likeness (QED) is 0.462. The zero-order valence-electron chi connectivity index (χ0n) is 16.7. The molecule has 1 aliphatic heterocycles. The molecule has 156 valence electrons. The predicted molar refractivity (Wildman–Crippen MR) is 126 cm³/mol. The predicted octanol–water partition coefficient (Wildman–Crippen LogP) is 5.28. The van der Waals surface area contributed by atoms with Crippen LogP contribution in [0.2, 0.25) is 4.34 Å². The second kappa shape index (κ2) is 8.21. The Labute approximate surface area is 189 Å². The number of carbonyl (C=O) groups excluding carboxylic acids is 1. The molecule has 1 aliphatic rings. The third-order valence-corrected chi connectivity index (χ3v) is 6.79. The fraction of sp³-hybridized carbons (Fsp3) is 0.167. The van der Waals surface area contributed by atoms with Gasteiger partial charge in [0.05, 0.1) is 26.0 Å². The molecule has 1 fully saturated rings. The van der Waals surface area contributed by atoms with Crippen molar-refractivity contribution < 1.29 is 9.90 Å². The summed E-state index contributed by atoms with van der Waals surface area (Å²) >= 11 is 7.58. The highest BCUT2D eigenvalue weighted by Gasteiger charge is 2.24. The summed E-state index contributed by atoms with van der Waals surface area (Å²) < 4.78 is 0.695. The molecule has 0 aliphatic carbocycles. The first kappa shape index (κ1) is 19.8. The van der Waals surface area contributed by atoms with Crippen molar-refractivity contribution in [3.8, 4) is 16.3 Å². The number of hydrogen-bond acceptors (Lipinski definition) is 5. The lowest BCUT2D eigenvalue weighted by atomic mass is 10.1. The Morgan fingerprint density at radius 2 is 1.77 bits per heavy atom. The lowest BCUT2D eigenvalue weighted by Crippen LogP contribution is -2.48. The molecule has 7 heteroatoms. The number of thiophene rings is 1. The van der Waals surface area contributed by atoms with Crippen LogP contribution in [-0.2, 0) is 0 Å². The fourth-order valence-electron chi connectivity index (χ4n) is 3.96. The van der Waals surface area contributed by atoms with Crippen molar-refractivity contribution in [3.05, 3.63) is 76.6 Å². The number of piperazine rings is 1. The number of halogens is 1. The molecule has 5 rings (SSSR count). The molecule has 0 atom stereocenters. The number of phenolic OH excluding ortho intramolecular Hbond substituents is 1. The largest absolute Gasteiger partial charge is 0.508 e. The standard InChI is InChI=1S/C24H20ClN3O2S/c25-23-9-8-22(31-23)21-15-19(18-6-1-2-7-20(18)26-21)24(30)28-12-10-27(11-13-28)16-4-3-5-17(29)14-16/h1-9,14-15,29H,10-13H2. The van der Waals surface area contributed by atoms with Gasteiger partial charge in [0.15, 0.2) is 0 Å². The number of hydrogen-bond donors (Lipinski definition) is 1. The van der Waals surface area contributed by atoms with Gasteiger partial charge in [-0.25, -0.2) is 4.98 Å². The van der Waals surface area contributed by atoms with Crippen molar-refractivity contribution in [3.63, 3.8) is 0 Å². The van der Waals surface area contributed by atoms with Gasteiger partial charge in [0.1, 0.15) is 5.75 Å². The van der Waals surface area contributed by atoms with Crippen LogP contribution in [0.4, 0.5) is 5.69 Å². The van der Waals surface area contributed by atoms with E-state index in [2.05, 4.69) is 4.90 Å². The molecule has 0 radical (unpaired) electrons. The summed E-state index contributed by atoms with van der Waals surface area (Å²) in [5.74, 6) is 0.263. The first-order valence-electron chi connectivity index (χ1n) is 10.1. The number of fused-ring (bicyclic) bond motifs is 1. The molecule has 1 amide bonds. The molecule has 0 spiro atoms. The summed E-state index contributed by atoms with van der Waals surface area (Å²) in [6, 6.07) is 20.7. The Balaban J connectivity index is 1.43. The van der Waals surface area contributed by atoms with Gasteiger partial charge in [0, 0.05) is 43.3 Å². The number of pyridine rings is 1. The van der Waals surface area contributed by atoms with E-state index in [1.54, 1.807) is 12.1 Å². The van der Waals surface area contributed by atoms with Gasteiger partial charge in [-0.3, -0.25) is 4.79 Å². The highest BCUT2D eigenvalue weighted by molar-refractivity contribution is 7.19. The fourth-order valence-corrected chi connectivity index (χ4v) is 4.96. The lowest BCUT2D eigenvalue weighted by Gasteiger charge is -2.36. The minimum absolute atomic E-state index is 0.0121. The van der Waals surface area contributed by atoms with E-state index in [0.717, 1.165) is 27.2 Å². The van der Waals surface area contributed by atoms with Crippen molar-refractivity contribution in [1.29, 1.82) is 0 Å². The van der Waals surface area contributed by atoms with E-state index in [4.69, 9.17) is 16.6 Å². The molecular weight excluding hydrogens is 430 g/mol. The Hall–Kier alpha value is -3.09. The summed E-state index contributed by atoms with van der Waals surface area (Å²) in [6.45, 7) is 2.66. The average Bonchev–Trinajstić information content (AvgIpc) is 3.24. The van der Waals surface area contributed by atoms with E-state index in [9.17, 15) is 9.90 Å². The summed E-state index contributed by atoms with van der Waals surface area (Å²) in [6.07, 6.45) is 0. The van der Waals surface area contributed by atoms with E-state index < -0.39 is 0 Å². The molecule has 1 N–H and O–H groups in total. The molecule has 2 aromatic carbocycles. The van der Waals surface area contributed by atoms with E-state index >= 15 is 0 Å². The van der Waals surface area contributed by atoms with Crippen LogP contribution in [0, 0.1) is 0 Å². The van der Waals surface area contributed by atoms with E-state index in [-0.39, 0.29) is 11.7 Å². The van der Waals surface area contributed by atoms with Crippen LogP contribution in [0.25, 0.3) is 21.5 Å². The van der Waals surface area contributed by atoms with Gasteiger partial charge in [0.25, 0.3) is 5.91 Å². The van der Waals surface area contributed by atoms with Crippen LogP contribution in [-0.4, -0.2) is 47.1 Å². The molecule has 0 unspecified atom stereocenters. The molecule has 5 nitrogen and oxygen atoms in total. The second-order valence-electron chi connectivity index (χ2n) is 7.48. The van der Waals surface area contributed by atoms with Gasteiger partial charge in [-0.05, 0) is 36.4 Å². The molecule has 2 aromatic heterocycles. The highest BCUT2D eigenvalue weighted by atomic mass is 35.5. The van der Waals surface area contributed by atoms with Crippen LogP contribution in [0.15, 0.2) is 66.7 Å². The highest BCUT2D eigenvalue weighted by Crippen LogP contribution is 2.33. The second-order valence-corrected chi connectivity index (χ2v) is 9.19. The van der Waals surface area contributed by atoms with Crippen molar-refractivity contribution in [2.45, 2.75) is 0 Å². The molecular formula is C24H20ClN3O2S. The van der Waals surface area contributed by atoms with Gasteiger partial charge in [-0.15, -0.1) is 11.3 Å². The van der Waals surface area contributed by atoms with Crippen molar-refractivity contribution in [2.75, 3.05) is 31.1 Å². The van der Waals surface area contributed by atoms with Crippen LogP contribution in [0.1, 0.15) is 10.4 Å². The number of rotatable bonds is 3. The smallest absolute Gasteiger partial charge is 0.254 e. The maximum Gasteiger partial charge on any atom is 0.254 e. The summed E-state index contributed by atoms with van der Waals surface area (Å²) in [5.41, 5.74) is 3.19. The van der Waals surface area contributed by atoms with Gasteiger partial charge >= 0.3 is 0 Å². The molecule has 1 saturated heterocycles. The number of benzene rings is 2. The monoisotopic (exact) mass is 449 g/mol. The zero-order valence-corrected chi connectivity index (χ0v) is 18.2. The first-order valence-corrected chi connectivity index (χ1v) is 11.3. The number of para-hydroxylation sites is 1. The van der Waals surface area contributed by atoms with E-state index in [0.29, 0.717) is 36.1 Å². The van der Waals surface area contributed by atoms with Crippen LogP contribution >= 0.6 is 22.9 Å². The normalized spacial score (nSPS) is 14.2. The molecule has 0 bridgehead atoms. The molecule has 3 heterocycles. The summed E-state index contributed by atoms with van der Waals surface area (Å²) in [4.78, 5) is 23.3. The Kier molecular flexibility index (Phi) is 5.26. The molecule has 31 heavy (non-hydrogen) atoms. The van der Waals surface area contributed by atoms with Crippen LogP contribution < -0.4 is 4.90 Å². The van der Waals surface area contributed by atoms with Crippen LogP contribution in [0.5, 0.6) is 5.75 Å². The first-order chi connectivity index (χ1) is 15.1. The van der Waals surface area contributed by atoms with E-state index in [1.807, 2.05) is 59.5 Å². The third kappa shape index (κ3) is 3.96. The lowest BCUT2D eigenvalue weighted by molar-refractivity contribution is 0.0748. The van der Waals surface area contributed by atoms with Gasteiger partial charge in [-0.2, -0.15) is 0 Å². The number of amides is 1. The minimum atomic E-state index is 0.0121. The Morgan fingerprint density at radius 1 is 0.968 bits per heavy atom. The number of anilines is 1. The maximum absolute atomic E-state index is 13.5. The minimum Gasteiger partial charge on any atom is -0.508 e. The van der Waals surface area contributed by atoms with Gasteiger partial charge in [-0.1, -0.05) is 35.9 Å². The molecule has 0 saturated carbocycles. The third-order valence-electron chi connectivity index (χ3n) is 5.53. The summed E-state index contributed by atoms with van der Waals surface area (Å²) in [5, 5.41) is 10.6.